The first-order valence-corrected chi connectivity index (χ1v) is 5.70. The number of ether oxygens (including phenoxy) is 2. The molecule has 1 N–H and O–H groups in total. The highest BCUT2D eigenvalue weighted by Gasteiger charge is 2.06. The number of nitrogens with one attached hydrogen (secondary N) is 1. The Kier molecular flexibility index (Phi) is 5.49. The second-order valence-corrected chi connectivity index (χ2v) is 3.88. The molecule has 94 valence electrons. The molecule has 17 heavy (non-hydrogen) atoms. The third-order valence-corrected chi connectivity index (χ3v) is 2.18. The summed E-state index contributed by atoms with van der Waals surface area (Å²) in [5.41, 5.74) is 1.51. The predicted octanol–water partition coefficient (Wildman–Crippen LogP) is 2.31. The summed E-state index contributed by atoms with van der Waals surface area (Å²) in [6.07, 6.45) is 0.156. The normalized spacial score (nSPS) is 10.4. The Morgan fingerprint density at radius 1 is 1.24 bits per heavy atom. The largest absolute Gasteiger partial charge is 0.460 e. The summed E-state index contributed by atoms with van der Waals surface area (Å²) in [7, 11) is 1.83. The Bertz CT molecular complexity index is 346. The molecule has 0 bridgehead atoms. The maximum atomic E-state index is 11.6. The monoisotopic (exact) mass is 237 g/mol. The Hall–Kier alpha value is -1.55. The van der Waals surface area contributed by atoms with Crippen LogP contribution in [0.5, 0.6) is 0 Å². The zero-order chi connectivity index (χ0) is 12.7. The van der Waals surface area contributed by atoms with E-state index in [2.05, 4.69) is 5.32 Å². The van der Waals surface area contributed by atoms with Crippen molar-refractivity contribution in [1.82, 2.24) is 0 Å². The Morgan fingerprint density at radius 2 is 1.88 bits per heavy atom. The molecule has 0 aliphatic rings. The summed E-state index contributed by atoms with van der Waals surface area (Å²) < 4.78 is 10.3. The van der Waals surface area contributed by atoms with E-state index >= 15 is 0 Å². The van der Waals surface area contributed by atoms with Crippen LogP contribution in [0.15, 0.2) is 24.3 Å². The van der Waals surface area contributed by atoms with Crippen molar-refractivity contribution in [3.63, 3.8) is 0 Å². The molecule has 0 amide bonds. The molecule has 0 unspecified atom stereocenters. The highest BCUT2D eigenvalue weighted by molar-refractivity contribution is 5.89. The zero-order valence-electron chi connectivity index (χ0n) is 10.5. The standard InChI is InChI=1S/C13H19NO3/c1-10(2)16-8-9-17-13(15)11-4-6-12(14-3)7-5-11/h4-7,10,14H,8-9H2,1-3H3. The average molecular weight is 237 g/mol. The quantitative estimate of drug-likeness (QED) is 0.609. The number of esters is 1. The van der Waals surface area contributed by atoms with Crippen LogP contribution in [-0.4, -0.2) is 32.3 Å². The first-order chi connectivity index (χ1) is 8.13. The van der Waals surface area contributed by atoms with E-state index in [9.17, 15) is 4.79 Å². The zero-order valence-corrected chi connectivity index (χ0v) is 10.5. The maximum Gasteiger partial charge on any atom is 0.338 e. The minimum absolute atomic E-state index is 0.156. The summed E-state index contributed by atoms with van der Waals surface area (Å²) in [5, 5.41) is 2.99. The molecule has 0 fully saturated rings. The van der Waals surface area contributed by atoms with E-state index in [1.807, 2.05) is 33.0 Å². The summed E-state index contributed by atoms with van der Waals surface area (Å²) in [6, 6.07) is 7.14. The molecule has 0 spiro atoms. The Labute approximate surface area is 102 Å². The molecule has 0 saturated heterocycles. The summed E-state index contributed by atoms with van der Waals surface area (Å²) in [4.78, 5) is 11.6. The van der Waals surface area contributed by atoms with Crippen LogP contribution in [0.4, 0.5) is 5.69 Å². The van der Waals surface area contributed by atoms with Crippen molar-refractivity contribution in [1.29, 1.82) is 0 Å². The van der Waals surface area contributed by atoms with Gasteiger partial charge in [0, 0.05) is 12.7 Å². The van der Waals surface area contributed by atoms with E-state index in [1.165, 1.54) is 0 Å². The molecule has 1 rings (SSSR count). The van der Waals surface area contributed by atoms with E-state index in [0.717, 1.165) is 5.69 Å². The number of anilines is 1. The third kappa shape index (κ3) is 4.87. The highest BCUT2D eigenvalue weighted by Crippen LogP contribution is 2.09. The van der Waals surface area contributed by atoms with Gasteiger partial charge in [-0.25, -0.2) is 4.79 Å². The fourth-order valence-corrected chi connectivity index (χ4v) is 1.27. The number of benzene rings is 1. The van der Waals surface area contributed by atoms with Crippen LogP contribution in [0.2, 0.25) is 0 Å². The van der Waals surface area contributed by atoms with Gasteiger partial charge in [-0.2, -0.15) is 0 Å². The molecule has 4 heteroatoms. The van der Waals surface area contributed by atoms with Crippen LogP contribution >= 0.6 is 0 Å². The van der Waals surface area contributed by atoms with Crippen LogP contribution in [-0.2, 0) is 9.47 Å². The van der Waals surface area contributed by atoms with Crippen molar-refractivity contribution < 1.29 is 14.3 Å². The molecule has 0 atom stereocenters. The molecule has 0 radical (unpaired) electrons. The van der Waals surface area contributed by atoms with E-state index in [-0.39, 0.29) is 18.7 Å². The van der Waals surface area contributed by atoms with Gasteiger partial charge in [-0.15, -0.1) is 0 Å². The van der Waals surface area contributed by atoms with Gasteiger partial charge in [0.25, 0.3) is 0 Å². The molecule has 1 aromatic rings. The molecule has 4 nitrogen and oxygen atoms in total. The van der Waals surface area contributed by atoms with Gasteiger partial charge in [0.1, 0.15) is 6.61 Å². The number of carbonyl (C=O) groups is 1. The fraction of sp³-hybridized carbons (Fsp3) is 0.462. The SMILES string of the molecule is CNc1ccc(C(=O)OCCOC(C)C)cc1. The third-order valence-electron chi connectivity index (χ3n) is 2.18. The van der Waals surface area contributed by atoms with Gasteiger partial charge in [0.05, 0.1) is 18.3 Å². The van der Waals surface area contributed by atoms with Crippen molar-refractivity contribution in [3.05, 3.63) is 29.8 Å². The van der Waals surface area contributed by atoms with E-state index < -0.39 is 0 Å². The van der Waals surface area contributed by atoms with Crippen LogP contribution in [0, 0.1) is 0 Å². The summed E-state index contributed by atoms with van der Waals surface area (Å²) in [6.45, 7) is 4.60. The first-order valence-electron chi connectivity index (χ1n) is 5.70. The molecule has 1 aromatic carbocycles. The van der Waals surface area contributed by atoms with Gasteiger partial charge in [-0.1, -0.05) is 0 Å². The molecule has 0 aromatic heterocycles. The molecular weight excluding hydrogens is 218 g/mol. The van der Waals surface area contributed by atoms with Crippen LogP contribution in [0.3, 0.4) is 0 Å². The Morgan fingerprint density at radius 3 is 2.41 bits per heavy atom. The second-order valence-electron chi connectivity index (χ2n) is 3.88. The van der Waals surface area contributed by atoms with Gasteiger partial charge in [0.2, 0.25) is 0 Å². The van der Waals surface area contributed by atoms with E-state index in [4.69, 9.17) is 9.47 Å². The second kappa shape index (κ2) is 6.91. The van der Waals surface area contributed by atoms with Crippen molar-refractivity contribution in [3.8, 4) is 0 Å². The smallest absolute Gasteiger partial charge is 0.338 e. The molecule has 0 aliphatic heterocycles. The fourth-order valence-electron chi connectivity index (χ4n) is 1.27. The van der Waals surface area contributed by atoms with Gasteiger partial charge in [0.15, 0.2) is 0 Å². The average Bonchev–Trinajstić information content (AvgIpc) is 2.34. The highest BCUT2D eigenvalue weighted by atomic mass is 16.6. The lowest BCUT2D eigenvalue weighted by atomic mass is 10.2. The van der Waals surface area contributed by atoms with Crippen molar-refractivity contribution in [2.75, 3.05) is 25.6 Å². The summed E-state index contributed by atoms with van der Waals surface area (Å²) in [5.74, 6) is -0.319. The molecule has 0 aliphatic carbocycles. The number of hydrogen-bond acceptors (Lipinski definition) is 4. The van der Waals surface area contributed by atoms with Gasteiger partial charge >= 0.3 is 5.97 Å². The van der Waals surface area contributed by atoms with Crippen molar-refractivity contribution in [2.45, 2.75) is 20.0 Å². The van der Waals surface area contributed by atoms with Gasteiger partial charge in [-0.3, -0.25) is 0 Å². The Balaban J connectivity index is 2.36. The van der Waals surface area contributed by atoms with Gasteiger partial charge in [-0.05, 0) is 38.1 Å². The maximum absolute atomic E-state index is 11.6. The first kappa shape index (κ1) is 13.5. The predicted molar refractivity (Wildman–Crippen MR) is 67.4 cm³/mol. The van der Waals surface area contributed by atoms with E-state index in [0.29, 0.717) is 12.2 Å². The lowest BCUT2D eigenvalue weighted by Crippen LogP contribution is -2.13. The lowest BCUT2D eigenvalue weighted by molar-refractivity contribution is 0.0177. The number of hydrogen-bond donors (Lipinski definition) is 1. The van der Waals surface area contributed by atoms with Gasteiger partial charge < -0.3 is 14.8 Å². The minimum atomic E-state index is -0.319. The molecule has 0 saturated carbocycles. The van der Waals surface area contributed by atoms with Crippen molar-refractivity contribution >= 4 is 11.7 Å². The summed E-state index contributed by atoms with van der Waals surface area (Å²) >= 11 is 0. The molecular formula is C13H19NO3. The van der Waals surface area contributed by atoms with E-state index in [1.54, 1.807) is 12.1 Å². The lowest BCUT2D eigenvalue weighted by Gasteiger charge is -2.08. The van der Waals surface area contributed by atoms with Crippen LogP contribution in [0.25, 0.3) is 0 Å². The van der Waals surface area contributed by atoms with Crippen molar-refractivity contribution in [2.24, 2.45) is 0 Å². The van der Waals surface area contributed by atoms with Crippen LogP contribution in [0.1, 0.15) is 24.2 Å². The minimum Gasteiger partial charge on any atom is -0.460 e. The topological polar surface area (TPSA) is 47.6 Å². The number of rotatable bonds is 6. The number of carbonyl (C=O) groups excluding carboxylic acids is 1. The van der Waals surface area contributed by atoms with Crippen LogP contribution < -0.4 is 5.32 Å². The molecule has 0 heterocycles.